The molecule has 2 aliphatic carbocycles. The minimum atomic E-state index is 0.0221. The molecule has 0 amide bonds. The molecule has 0 fully saturated rings. The third-order valence-corrected chi connectivity index (χ3v) is 14.9. The molecule has 3 heteroatoms. The van der Waals surface area contributed by atoms with Crippen LogP contribution in [0, 0.1) is 27.7 Å². The molecule has 0 saturated carbocycles. The van der Waals surface area contributed by atoms with Gasteiger partial charge in [0, 0.05) is 39.2 Å². The standard InChI is InChI=1S/C61H61BN2/c1-36-24-34-49-45(38(36)3)19-14-22-51-53(41-26-30-43(31-27-41)60(5,6)7)57(63-56(49)51)55(48-21-13-17-40-16-11-12-18-47(40)48)59-54(42-28-32-44(33-29-42)61(8,9)10)52-23-15-20-46-39(4)37(2)25-35-50(46)58(52)64(59)62/h11-13,16-18,21,24-35H,14-15,19-20,22-23H2,1-10H3/b57-55-. The van der Waals surface area contributed by atoms with Crippen LogP contribution in [0.3, 0.4) is 0 Å². The molecule has 7 aromatic rings. The average molecular weight is 833 g/mol. The van der Waals surface area contributed by atoms with E-state index in [0.717, 1.165) is 72.5 Å². The first-order valence-corrected chi connectivity index (χ1v) is 23.6. The Labute approximate surface area is 383 Å². The summed E-state index contributed by atoms with van der Waals surface area (Å²) in [6, 6.07) is 43.7. The van der Waals surface area contributed by atoms with Gasteiger partial charge in [0.1, 0.15) is 0 Å². The van der Waals surface area contributed by atoms with E-state index >= 15 is 0 Å². The highest BCUT2D eigenvalue weighted by Gasteiger charge is 2.36. The van der Waals surface area contributed by atoms with Crippen molar-refractivity contribution < 1.29 is 0 Å². The highest BCUT2D eigenvalue weighted by Crippen LogP contribution is 2.52. The predicted molar refractivity (Wildman–Crippen MR) is 274 cm³/mol. The summed E-state index contributed by atoms with van der Waals surface area (Å²) in [5, 5.41) is 2.39. The monoisotopic (exact) mass is 832 g/mol. The smallest absolute Gasteiger partial charge is 0.234 e. The van der Waals surface area contributed by atoms with Gasteiger partial charge in [-0.15, -0.1) is 0 Å². The Morgan fingerprint density at radius 2 is 1.11 bits per heavy atom. The van der Waals surface area contributed by atoms with Crippen LogP contribution in [0.2, 0.25) is 0 Å². The van der Waals surface area contributed by atoms with Crippen molar-refractivity contribution in [1.82, 2.24) is 4.48 Å². The highest BCUT2D eigenvalue weighted by molar-refractivity contribution is 6.25. The summed E-state index contributed by atoms with van der Waals surface area (Å²) in [7, 11) is 7.94. The summed E-state index contributed by atoms with van der Waals surface area (Å²) in [6.45, 7) is 22.9. The molecule has 0 N–H and O–H groups in total. The minimum absolute atomic E-state index is 0.0221. The van der Waals surface area contributed by atoms with Crippen LogP contribution in [0.25, 0.3) is 44.3 Å². The number of rotatable bonds is 4. The Morgan fingerprint density at radius 1 is 0.562 bits per heavy atom. The minimum Gasteiger partial charge on any atom is -0.396 e. The van der Waals surface area contributed by atoms with Crippen molar-refractivity contribution in [3.63, 3.8) is 0 Å². The Hall–Kier alpha value is -5.93. The summed E-state index contributed by atoms with van der Waals surface area (Å²) in [5.74, 6) is 0. The van der Waals surface area contributed by atoms with Crippen molar-refractivity contribution in [2.24, 2.45) is 4.99 Å². The lowest BCUT2D eigenvalue weighted by molar-refractivity contribution is 0.590. The summed E-state index contributed by atoms with van der Waals surface area (Å²) >= 11 is 0. The van der Waals surface area contributed by atoms with Gasteiger partial charge in [-0.1, -0.05) is 157 Å². The van der Waals surface area contributed by atoms with E-state index < -0.39 is 0 Å². The summed E-state index contributed by atoms with van der Waals surface area (Å²) in [5.41, 5.74) is 27.4. The number of fused-ring (bicyclic) bond motifs is 7. The van der Waals surface area contributed by atoms with Crippen LogP contribution in [0.4, 0.5) is 0 Å². The molecule has 2 nitrogen and oxygen atoms in total. The molecule has 10 rings (SSSR count). The first-order valence-electron chi connectivity index (χ1n) is 23.6. The number of nitrogens with zero attached hydrogens (tertiary/aromatic N) is 2. The van der Waals surface area contributed by atoms with E-state index in [1.807, 2.05) is 0 Å². The Kier molecular flexibility index (Phi) is 10.3. The number of aliphatic imine (C=N–C) groups is 1. The van der Waals surface area contributed by atoms with Gasteiger partial charge >= 0.3 is 0 Å². The zero-order valence-corrected chi connectivity index (χ0v) is 39.7. The molecule has 64 heavy (non-hydrogen) atoms. The van der Waals surface area contributed by atoms with Crippen LogP contribution < -0.4 is 0 Å². The third kappa shape index (κ3) is 6.89. The molecule has 2 heterocycles. The first-order chi connectivity index (χ1) is 30.6. The number of hydrogen-bond acceptors (Lipinski definition) is 1. The quantitative estimate of drug-likeness (QED) is 0.157. The molecular formula is C61H61BN2. The zero-order valence-electron chi connectivity index (χ0n) is 39.7. The van der Waals surface area contributed by atoms with Gasteiger partial charge in [-0.3, -0.25) is 0 Å². The van der Waals surface area contributed by atoms with Crippen LogP contribution in [-0.4, -0.2) is 18.2 Å². The van der Waals surface area contributed by atoms with Gasteiger partial charge in [-0.25, -0.2) is 4.99 Å². The van der Waals surface area contributed by atoms with Crippen LogP contribution in [0.1, 0.15) is 133 Å². The lowest BCUT2D eigenvalue weighted by Crippen LogP contribution is -2.11. The molecule has 1 aliphatic heterocycles. The van der Waals surface area contributed by atoms with E-state index in [0.29, 0.717) is 0 Å². The van der Waals surface area contributed by atoms with Crippen molar-refractivity contribution in [2.75, 3.05) is 0 Å². The van der Waals surface area contributed by atoms with Gasteiger partial charge in [0.2, 0.25) is 7.98 Å². The van der Waals surface area contributed by atoms with E-state index in [4.69, 9.17) is 13.0 Å². The van der Waals surface area contributed by atoms with E-state index in [1.54, 1.807) is 0 Å². The predicted octanol–water partition coefficient (Wildman–Crippen LogP) is 15.3. The van der Waals surface area contributed by atoms with Crippen molar-refractivity contribution >= 4 is 35.6 Å². The maximum Gasteiger partial charge on any atom is 0.234 e. The Bertz CT molecular complexity index is 3120. The van der Waals surface area contributed by atoms with Gasteiger partial charge < -0.3 is 4.48 Å². The number of hydrogen-bond donors (Lipinski definition) is 0. The van der Waals surface area contributed by atoms with E-state index in [9.17, 15) is 0 Å². The fourth-order valence-corrected chi connectivity index (χ4v) is 11.0. The molecule has 0 bridgehead atoms. The van der Waals surface area contributed by atoms with E-state index in [2.05, 4.69) is 189 Å². The summed E-state index contributed by atoms with van der Waals surface area (Å²) in [6.07, 6.45) is 6.06. The molecule has 2 radical (unpaired) electrons. The Balaban J connectivity index is 1.40. The van der Waals surface area contributed by atoms with E-state index in [1.165, 1.54) is 99.8 Å². The van der Waals surface area contributed by atoms with Gasteiger partial charge in [0.15, 0.2) is 0 Å². The fourth-order valence-electron chi connectivity index (χ4n) is 11.0. The molecule has 0 atom stereocenters. The zero-order chi connectivity index (χ0) is 44.8. The maximum absolute atomic E-state index is 7.94. The number of benzene rings is 6. The second-order valence-corrected chi connectivity index (χ2v) is 20.9. The van der Waals surface area contributed by atoms with Gasteiger partial charge in [-0.2, -0.15) is 0 Å². The lowest BCUT2D eigenvalue weighted by atomic mass is 9.83. The molecular weight excluding hydrogens is 771 g/mol. The number of allylic oxidation sites excluding steroid dienone is 2. The highest BCUT2D eigenvalue weighted by atomic mass is 14.9. The van der Waals surface area contributed by atoms with Crippen LogP contribution in [0.15, 0.2) is 132 Å². The molecule has 0 unspecified atom stereocenters. The molecule has 0 saturated heterocycles. The second-order valence-electron chi connectivity index (χ2n) is 20.9. The molecule has 318 valence electrons. The van der Waals surface area contributed by atoms with Crippen molar-refractivity contribution in [1.29, 1.82) is 0 Å². The van der Waals surface area contributed by atoms with Crippen LogP contribution in [-0.2, 0) is 30.1 Å². The third-order valence-electron chi connectivity index (χ3n) is 14.9. The Morgan fingerprint density at radius 3 is 1.75 bits per heavy atom. The molecule has 6 aromatic carbocycles. The molecule has 3 aliphatic rings. The number of aryl methyl sites for hydroxylation is 2. The van der Waals surface area contributed by atoms with Crippen molar-refractivity contribution in [3.05, 3.63) is 199 Å². The van der Waals surface area contributed by atoms with Gasteiger partial charge in [0.25, 0.3) is 0 Å². The normalized spacial score (nSPS) is 15.9. The van der Waals surface area contributed by atoms with Crippen molar-refractivity contribution in [3.8, 4) is 22.4 Å². The summed E-state index contributed by atoms with van der Waals surface area (Å²) in [4.78, 5) is 6.04. The average Bonchev–Trinajstić information content (AvgIpc) is 3.60. The topological polar surface area (TPSA) is 17.3 Å². The SMILES string of the molecule is [B]n1c(/C(=C2\N=C3C(=C2c2ccc(C(C)(C)C)cc2)CCCc2c3ccc(C)c2C)c2cccc3ccccc23)c(-c2ccc(C(C)(C)C)cc2)c2c1-c1ccc(C)c(C)c1CCC2. The van der Waals surface area contributed by atoms with Gasteiger partial charge in [0.05, 0.1) is 11.4 Å². The molecule has 1 aromatic heterocycles. The van der Waals surface area contributed by atoms with E-state index in [-0.39, 0.29) is 10.8 Å². The van der Waals surface area contributed by atoms with Gasteiger partial charge in [-0.05, 0) is 160 Å². The largest absolute Gasteiger partial charge is 0.396 e. The lowest BCUT2D eigenvalue weighted by Gasteiger charge is -2.22. The fraction of sp³-hybridized carbons (Fsp3) is 0.295. The number of aromatic nitrogens is 1. The molecule has 0 spiro atoms. The second kappa shape index (κ2) is 15.7. The van der Waals surface area contributed by atoms with Crippen LogP contribution >= 0.6 is 0 Å². The van der Waals surface area contributed by atoms with Crippen LogP contribution in [0.5, 0.6) is 0 Å². The van der Waals surface area contributed by atoms with Crippen molar-refractivity contribution in [2.45, 2.75) is 119 Å². The first kappa shape index (κ1) is 42.0. The maximum atomic E-state index is 7.94. The summed E-state index contributed by atoms with van der Waals surface area (Å²) < 4.78 is 2.09.